The van der Waals surface area contributed by atoms with Gasteiger partial charge in [-0.2, -0.15) is 0 Å². The summed E-state index contributed by atoms with van der Waals surface area (Å²) in [6, 6.07) is 0. The van der Waals surface area contributed by atoms with E-state index < -0.39 is 0 Å². The van der Waals surface area contributed by atoms with Crippen LogP contribution in [0.4, 0.5) is 0 Å². The molecule has 0 heterocycles. The van der Waals surface area contributed by atoms with Gasteiger partial charge >= 0.3 is 0 Å². The van der Waals surface area contributed by atoms with Crippen molar-refractivity contribution in [1.29, 1.82) is 0 Å². The van der Waals surface area contributed by atoms with Gasteiger partial charge in [-0.05, 0) is 36.0 Å². The molecule has 0 bridgehead atoms. The summed E-state index contributed by atoms with van der Waals surface area (Å²) < 4.78 is 0. The fraction of sp³-hybridized carbons (Fsp3) is 1.00. The second-order valence-corrected chi connectivity index (χ2v) is 6.34. The van der Waals surface area contributed by atoms with Crippen LogP contribution in [-0.2, 0) is 0 Å². The molecule has 13 heavy (non-hydrogen) atoms. The molecular formula is C12H24O. The van der Waals surface area contributed by atoms with E-state index in [2.05, 4.69) is 34.6 Å². The maximum absolute atomic E-state index is 9.97. The predicted molar refractivity (Wildman–Crippen MR) is 56.6 cm³/mol. The van der Waals surface area contributed by atoms with E-state index in [9.17, 15) is 5.11 Å². The maximum Gasteiger partial charge on any atom is 0.0594 e. The van der Waals surface area contributed by atoms with Crippen molar-refractivity contribution in [3.8, 4) is 0 Å². The minimum absolute atomic E-state index is 0.106. The predicted octanol–water partition coefficient (Wildman–Crippen LogP) is 3.22. The van der Waals surface area contributed by atoms with E-state index >= 15 is 0 Å². The molecule has 2 atom stereocenters. The molecule has 1 saturated carbocycles. The summed E-state index contributed by atoms with van der Waals surface area (Å²) >= 11 is 0. The smallest absolute Gasteiger partial charge is 0.0594 e. The third-order valence-corrected chi connectivity index (χ3v) is 3.77. The molecule has 1 aliphatic rings. The summed E-state index contributed by atoms with van der Waals surface area (Å²) in [4.78, 5) is 0. The number of hydrogen-bond acceptors (Lipinski definition) is 1. The zero-order valence-electron chi connectivity index (χ0n) is 9.72. The Kier molecular flexibility index (Phi) is 2.78. The van der Waals surface area contributed by atoms with Crippen molar-refractivity contribution < 1.29 is 5.11 Å². The first kappa shape index (κ1) is 11.0. The summed E-state index contributed by atoms with van der Waals surface area (Å²) in [6.07, 6.45) is 3.31. The van der Waals surface area contributed by atoms with Crippen LogP contribution in [-0.4, -0.2) is 11.2 Å². The highest BCUT2D eigenvalue weighted by Crippen LogP contribution is 2.44. The molecule has 1 nitrogen and oxygen atoms in total. The van der Waals surface area contributed by atoms with Gasteiger partial charge in [0.05, 0.1) is 6.10 Å². The third kappa shape index (κ3) is 2.46. The second-order valence-electron chi connectivity index (χ2n) is 6.34. The Morgan fingerprint density at radius 1 is 1.23 bits per heavy atom. The first-order chi connectivity index (χ1) is 5.73. The van der Waals surface area contributed by atoms with E-state index in [1.54, 1.807) is 0 Å². The Labute approximate surface area is 82.5 Å². The van der Waals surface area contributed by atoms with E-state index in [1.807, 2.05) is 0 Å². The highest BCUT2D eigenvalue weighted by atomic mass is 16.3. The molecule has 78 valence electrons. The van der Waals surface area contributed by atoms with Gasteiger partial charge < -0.3 is 5.11 Å². The standard InChI is InChI=1S/C12H24O/c1-11(2,3)9-6-7-12(4,5)10(13)8-9/h9-10,13H,6-8H2,1-5H3/t9-,10?/m1/s1. The third-order valence-electron chi connectivity index (χ3n) is 3.77. The van der Waals surface area contributed by atoms with Gasteiger partial charge in [-0.25, -0.2) is 0 Å². The second kappa shape index (κ2) is 3.27. The number of aliphatic hydroxyl groups is 1. The molecule has 0 spiro atoms. The van der Waals surface area contributed by atoms with Crippen LogP contribution in [0.2, 0.25) is 0 Å². The van der Waals surface area contributed by atoms with E-state index in [1.165, 1.54) is 6.42 Å². The summed E-state index contributed by atoms with van der Waals surface area (Å²) in [7, 11) is 0. The van der Waals surface area contributed by atoms with Gasteiger partial charge in [0, 0.05) is 0 Å². The fourth-order valence-corrected chi connectivity index (χ4v) is 2.21. The molecule has 1 rings (SSSR count). The van der Waals surface area contributed by atoms with Crippen LogP contribution < -0.4 is 0 Å². The van der Waals surface area contributed by atoms with Gasteiger partial charge in [0.25, 0.3) is 0 Å². The van der Waals surface area contributed by atoms with E-state index in [0.717, 1.165) is 12.8 Å². The Bertz CT molecular complexity index is 176. The van der Waals surface area contributed by atoms with Crippen molar-refractivity contribution in [2.45, 2.75) is 60.0 Å². The lowest BCUT2D eigenvalue weighted by atomic mass is 9.64. The fourth-order valence-electron chi connectivity index (χ4n) is 2.21. The molecule has 1 N–H and O–H groups in total. The number of aliphatic hydroxyl groups excluding tert-OH is 1. The minimum Gasteiger partial charge on any atom is -0.393 e. The van der Waals surface area contributed by atoms with Crippen LogP contribution in [0.1, 0.15) is 53.9 Å². The highest BCUT2D eigenvalue weighted by Gasteiger charge is 2.39. The molecule has 0 radical (unpaired) electrons. The van der Waals surface area contributed by atoms with Gasteiger partial charge in [0.1, 0.15) is 0 Å². The molecule has 0 aliphatic heterocycles. The Balaban J connectivity index is 2.61. The van der Waals surface area contributed by atoms with Crippen molar-refractivity contribution in [2.75, 3.05) is 0 Å². The van der Waals surface area contributed by atoms with Crippen molar-refractivity contribution in [3.63, 3.8) is 0 Å². The van der Waals surface area contributed by atoms with Gasteiger partial charge in [0.15, 0.2) is 0 Å². The normalized spacial score (nSPS) is 34.6. The topological polar surface area (TPSA) is 20.2 Å². The van der Waals surface area contributed by atoms with E-state index in [0.29, 0.717) is 11.3 Å². The zero-order chi connectivity index (χ0) is 10.3. The number of rotatable bonds is 0. The summed E-state index contributed by atoms with van der Waals surface area (Å²) in [5.41, 5.74) is 0.499. The van der Waals surface area contributed by atoms with Crippen molar-refractivity contribution in [2.24, 2.45) is 16.7 Å². The molecule has 0 aromatic heterocycles. The van der Waals surface area contributed by atoms with Crippen LogP contribution in [0.3, 0.4) is 0 Å². The Morgan fingerprint density at radius 2 is 1.77 bits per heavy atom. The minimum atomic E-state index is -0.106. The summed E-state index contributed by atoms with van der Waals surface area (Å²) in [5, 5.41) is 9.97. The molecule has 0 aromatic carbocycles. The largest absolute Gasteiger partial charge is 0.393 e. The quantitative estimate of drug-likeness (QED) is 0.613. The van der Waals surface area contributed by atoms with Crippen molar-refractivity contribution in [3.05, 3.63) is 0 Å². The van der Waals surface area contributed by atoms with Crippen molar-refractivity contribution >= 4 is 0 Å². The van der Waals surface area contributed by atoms with Gasteiger partial charge in [-0.3, -0.25) is 0 Å². The lowest BCUT2D eigenvalue weighted by Crippen LogP contribution is -2.39. The maximum atomic E-state index is 9.97. The highest BCUT2D eigenvalue weighted by molar-refractivity contribution is 4.89. The van der Waals surface area contributed by atoms with Crippen LogP contribution in [0, 0.1) is 16.7 Å². The lowest BCUT2D eigenvalue weighted by molar-refractivity contribution is -0.0315. The molecular weight excluding hydrogens is 160 g/mol. The van der Waals surface area contributed by atoms with Crippen LogP contribution >= 0.6 is 0 Å². The SMILES string of the molecule is CC1(C)CC[C@@H](C(C)(C)C)CC1O. The molecule has 0 aromatic rings. The molecule has 0 saturated heterocycles. The molecule has 1 heteroatoms. The Hall–Kier alpha value is -0.0400. The van der Waals surface area contributed by atoms with Crippen LogP contribution in [0.15, 0.2) is 0 Å². The van der Waals surface area contributed by atoms with Crippen molar-refractivity contribution in [1.82, 2.24) is 0 Å². The first-order valence-electron chi connectivity index (χ1n) is 5.41. The Morgan fingerprint density at radius 3 is 2.15 bits per heavy atom. The molecule has 1 aliphatic carbocycles. The van der Waals surface area contributed by atoms with Gasteiger partial charge in [0.2, 0.25) is 0 Å². The first-order valence-corrected chi connectivity index (χ1v) is 5.41. The average molecular weight is 184 g/mol. The molecule has 1 fully saturated rings. The van der Waals surface area contributed by atoms with E-state index in [-0.39, 0.29) is 11.5 Å². The van der Waals surface area contributed by atoms with Crippen LogP contribution in [0.25, 0.3) is 0 Å². The van der Waals surface area contributed by atoms with Crippen LogP contribution in [0.5, 0.6) is 0 Å². The van der Waals surface area contributed by atoms with Gasteiger partial charge in [-0.15, -0.1) is 0 Å². The van der Waals surface area contributed by atoms with E-state index in [4.69, 9.17) is 0 Å². The summed E-state index contributed by atoms with van der Waals surface area (Å²) in [6.45, 7) is 11.2. The number of hydrogen-bond donors (Lipinski definition) is 1. The summed E-state index contributed by atoms with van der Waals surface area (Å²) in [5.74, 6) is 0.690. The monoisotopic (exact) mass is 184 g/mol. The van der Waals surface area contributed by atoms with Gasteiger partial charge in [-0.1, -0.05) is 34.6 Å². The lowest BCUT2D eigenvalue weighted by Gasteiger charge is -2.44. The average Bonchev–Trinajstić information content (AvgIpc) is 1.92. The zero-order valence-corrected chi connectivity index (χ0v) is 9.72. The molecule has 0 amide bonds. The molecule has 1 unspecified atom stereocenters.